The van der Waals surface area contributed by atoms with Crippen LogP contribution < -0.4 is 10.6 Å². The molecule has 0 aliphatic carbocycles. The molecule has 6 nitrogen and oxygen atoms in total. The smallest absolute Gasteiger partial charge is 0.258 e. The highest BCUT2D eigenvalue weighted by Gasteiger charge is 2.26. The molecule has 0 radical (unpaired) electrons. The van der Waals surface area contributed by atoms with E-state index in [-0.39, 0.29) is 17.9 Å². The van der Waals surface area contributed by atoms with E-state index in [1.807, 2.05) is 24.3 Å². The molecule has 4 aromatic rings. The van der Waals surface area contributed by atoms with Gasteiger partial charge in [-0.15, -0.1) is 5.10 Å². The van der Waals surface area contributed by atoms with Gasteiger partial charge in [0.2, 0.25) is 5.95 Å². The maximum absolute atomic E-state index is 12.7. The van der Waals surface area contributed by atoms with Gasteiger partial charge in [-0.2, -0.15) is 4.98 Å². The first-order chi connectivity index (χ1) is 16.0. The van der Waals surface area contributed by atoms with E-state index in [4.69, 9.17) is 23.2 Å². The van der Waals surface area contributed by atoms with E-state index in [1.54, 1.807) is 28.9 Å². The van der Waals surface area contributed by atoms with Gasteiger partial charge in [0.05, 0.1) is 0 Å². The van der Waals surface area contributed by atoms with Gasteiger partial charge in [0.1, 0.15) is 6.04 Å². The molecule has 0 saturated carbocycles. The van der Waals surface area contributed by atoms with Gasteiger partial charge >= 0.3 is 0 Å². The SMILES string of the molecule is Cc1ccc(C2=C[C@@H](c3ccc(Cl)cc3)n3nc(NC(=O)c4ccc(Cl)cc4)nc3N2)cc1. The lowest BCUT2D eigenvalue weighted by Crippen LogP contribution is -2.20. The summed E-state index contributed by atoms with van der Waals surface area (Å²) in [6.45, 7) is 2.05. The number of carbonyl (C=O) groups is 1. The Kier molecular flexibility index (Phi) is 5.62. The average molecular weight is 476 g/mol. The van der Waals surface area contributed by atoms with Gasteiger partial charge in [-0.3, -0.25) is 10.1 Å². The number of hydrogen-bond acceptors (Lipinski definition) is 4. The van der Waals surface area contributed by atoms with Crippen LogP contribution in [0.15, 0.2) is 78.9 Å². The van der Waals surface area contributed by atoms with Gasteiger partial charge in [0.15, 0.2) is 0 Å². The molecule has 1 aliphatic heterocycles. The first-order valence-corrected chi connectivity index (χ1v) is 11.1. The number of nitrogens with one attached hydrogen (secondary N) is 2. The Morgan fingerprint density at radius 1 is 0.939 bits per heavy atom. The molecule has 0 unspecified atom stereocenters. The molecule has 2 heterocycles. The second-order valence-electron chi connectivity index (χ2n) is 7.73. The molecular formula is C25H19Cl2N5O. The third-order valence-electron chi connectivity index (χ3n) is 5.37. The van der Waals surface area contributed by atoms with Crippen LogP contribution in [0.1, 0.15) is 33.1 Å². The zero-order chi connectivity index (χ0) is 22.9. The van der Waals surface area contributed by atoms with Crippen molar-refractivity contribution in [1.29, 1.82) is 0 Å². The zero-order valence-corrected chi connectivity index (χ0v) is 19.1. The van der Waals surface area contributed by atoms with Gasteiger partial charge in [0.25, 0.3) is 11.9 Å². The molecule has 0 fully saturated rings. The molecule has 1 aromatic heterocycles. The van der Waals surface area contributed by atoms with E-state index >= 15 is 0 Å². The first-order valence-electron chi connectivity index (χ1n) is 10.3. The minimum absolute atomic E-state index is 0.204. The maximum Gasteiger partial charge on any atom is 0.258 e. The number of aromatic nitrogens is 3. The lowest BCUT2D eigenvalue weighted by Gasteiger charge is -2.24. The maximum atomic E-state index is 12.7. The van der Waals surface area contributed by atoms with Crippen molar-refractivity contribution in [3.8, 4) is 0 Å². The predicted molar refractivity (Wildman–Crippen MR) is 132 cm³/mol. The second-order valence-corrected chi connectivity index (χ2v) is 8.61. The molecule has 3 aromatic carbocycles. The topological polar surface area (TPSA) is 71.8 Å². The van der Waals surface area contributed by atoms with Crippen LogP contribution in [0.4, 0.5) is 11.9 Å². The Morgan fingerprint density at radius 3 is 2.24 bits per heavy atom. The molecule has 1 aliphatic rings. The summed E-state index contributed by atoms with van der Waals surface area (Å²) in [6, 6.07) is 22.2. The molecule has 0 bridgehead atoms. The van der Waals surface area contributed by atoms with Crippen molar-refractivity contribution >= 4 is 46.7 Å². The van der Waals surface area contributed by atoms with Gasteiger partial charge in [-0.1, -0.05) is 65.2 Å². The van der Waals surface area contributed by atoms with Crippen molar-refractivity contribution in [2.45, 2.75) is 13.0 Å². The van der Waals surface area contributed by atoms with Crippen molar-refractivity contribution in [1.82, 2.24) is 14.8 Å². The van der Waals surface area contributed by atoms with Crippen molar-refractivity contribution in [3.63, 3.8) is 0 Å². The lowest BCUT2D eigenvalue weighted by molar-refractivity contribution is 0.102. The summed E-state index contributed by atoms with van der Waals surface area (Å²) in [5.74, 6) is 0.416. The van der Waals surface area contributed by atoms with E-state index in [0.717, 1.165) is 16.8 Å². The molecule has 1 atom stereocenters. The van der Waals surface area contributed by atoms with Crippen molar-refractivity contribution in [2.24, 2.45) is 0 Å². The van der Waals surface area contributed by atoms with Crippen LogP contribution in [0, 0.1) is 6.92 Å². The van der Waals surface area contributed by atoms with Crippen LogP contribution >= 0.6 is 23.2 Å². The fourth-order valence-electron chi connectivity index (χ4n) is 3.62. The largest absolute Gasteiger partial charge is 0.324 e. The molecule has 0 spiro atoms. The van der Waals surface area contributed by atoms with Crippen LogP contribution in [0.5, 0.6) is 0 Å². The van der Waals surface area contributed by atoms with Crippen LogP contribution in [-0.2, 0) is 0 Å². The number of nitrogens with zero attached hydrogens (tertiary/aromatic N) is 3. The number of fused-ring (bicyclic) bond motifs is 1. The lowest BCUT2D eigenvalue weighted by atomic mass is 10.0. The summed E-state index contributed by atoms with van der Waals surface area (Å²) in [7, 11) is 0. The van der Waals surface area contributed by atoms with Gasteiger partial charge in [0, 0.05) is 21.3 Å². The number of amides is 1. The Morgan fingerprint density at radius 2 is 1.58 bits per heavy atom. The molecular weight excluding hydrogens is 457 g/mol. The summed E-state index contributed by atoms with van der Waals surface area (Å²) in [5.41, 5.74) is 4.57. The summed E-state index contributed by atoms with van der Waals surface area (Å²) >= 11 is 12.0. The zero-order valence-electron chi connectivity index (χ0n) is 17.6. The number of hydrogen-bond donors (Lipinski definition) is 2. The Hall–Kier alpha value is -3.61. The number of rotatable bonds is 4. The minimum Gasteiger partial charge on any atom is -0.324 e. The van der Waals surface area contributed by atoms with Crippen LogP contribution in [0.25, 0.3) is 5.70 Å². The highest BCUT2D eigenvalue weighted by Crippen LogP contribution is 2.33. The molecule has 0 saturated heterocycles. The number of anilines is 2. The molecule has 164 valence electrons. The Labute approximate surface area is 200 Å². The first kappa shape index (κ1) is 21.2. The minimum atomic E-state index is -0.315. The van der Waals surface area contributed by atoms with Gasteiger partial charge in [-0.05, 0) is 60.5 Å². The van der Waals surface area contributed by atoms with Crippen LogP contribution in [-0.4, -0.2) is 20.7 Å². The van der Waals surface area contributed by atoms with E-state index in [9.17, 15) is 4.79 Å². The number of carbonyl (C=O) groups excluding carboxylic acids is 1. The average Bonchev–Trinajstić information content (AvgIpc) is 3.22. The van der Waals surface area contributed by atoms with E-state index < -0.39 is 0 Å². The Bertz CT molecular complexity index is 1340. The standard InChI is InChI=1S/C25H19Cl2N5O/c1-15-2-4-16(5-3-15)21-14-22(17-6-10-19(26)11-7-17)32-25(28-21)30-24(31-32)29-23(33)18-8-12-20(27)13-9-18/h2-14,22H,1H3,(H2,28,29,30,31,33)/t22-/m0/s1. The normalized spacial score (nSPS) is 14.8. The van der Waals surface area contributed by atoms with Gasteiger partial charge in [-0.25, -0.2) is 4.68 Å². The third-order valence-corrected chi connectivity index (χ3v) is 5.88. The summed E-state index contributed by atoms with van der Waals surface area (Å²) < 4.78 is 1.75. The molecule has 8 heteroatoms. The molecule has 2 N–H and O–H groups in total. The van der Waals surface area contributed by atoms with Crippen LogP contribution in [0.2, 0.25) is 10.0 Å². The highest BCUT2D eigenvalue weighted by molar-refractivity contribution is 6.30. The number of aryl methyl sites for hydroxylation is 1. The van der Waals surface area contributed by atoms with Gasteiger partial charge < -0.3 is 5.32 Å². The fourth-order valence-corrected chi connectivity index (χ4v) is 3.87. The molecule has 1 amide bonds. The molecule has 33 heavy (non-hydrogen) atoms. The highest BCUT2D eigenvalue weighted by atomic mass is 35.5. The third kappa shape index (κ3) is 4.49. The summed E-state index contributed by atoms with van der Waals surface area (Å²) in [6.07, 6.45) is 2.08. The van der Waals surface area contributed by atoms with Crippen LogP contribution in [0.3, 0.4) is 0 Å². The van der Waals surface area contributed by atoms with Crippen molar-refractivity contribution in [2.75, 3.05) is 10.6 Å². The predicted octanol–water partition coefficient (Wildman–Crippen LogP) is 6.20. The Balaban J connectivity index is 1.50. The van der Waals surface area contributed by atoms with Crippen molar-refractivity contribution in [3.05, 3.63) is 111 Å². The number of benzene rings is 3. The number of allylic oxidation sites excluding steroid dienone is 1. The van der Waals surface area contributed by atoms with E-state index in [2.05, 4.69) is 58.0 Å². The van der Waals surface area contributed by atoms with Crippen molar-refractivity contribution < 1.29 is 4.79 Å². The van der Waals surface area contributed by atoms with E-state index in [0.29, 0.717) is 21.6 Å². The summed E-state index contributed by atoms with van der Waals surface area (Å²) in [5, 5.41) is 11.9. The quantitative estimate of drug-likeness (QED) is 0.368. The second kappa shape index (κ2) is 8.73. The van der Waals surface area contributed by atoms with E-state index in [1.165, 1.54) is 5.56 Å². The molecule has 5 rings (SSSR count). The monoisotopic (exact) mass is 475 g/mol. The fraction of sp³-hybridized carbons (Fsp3) is 0.0800. The number of halogens is 2. The summed E-state index contributed by atoms with van der Waals surface area (Å²) in [4.78, 5) is 17.2.